The molecule has 0 saturated carbocycles. The number of amides is 1. The summed E-state index contributed by atoms with van der Waals surface area (Å²) in [6, 6.07) is 17.6. The summed E-state index contributed by atoms with van der Waals surface area (Å²) in [5.74, 6) is 1.67. The molecule has 0 aliphatic rings. The number of hydrogen-bond donors (Lipinski definition) is 1. The van der Waals surface area contributed by atoms with Gasteiger partial charge in [0.2, 0.25) is 6.41 Å². The van der Waals surface area contributed by atoms with E-state index in [1.54, 1.807) is 0 Å². The zero-order valence-corrected chi connectivity index (χ0v) is 12.1. The summed E-state index contributed by atoms with van der Waals surface area (Å²) in [5, 5.41) is 2.67. The molecule has 0 atom stereocenters. The van der Waals surface area contributed by atoms with Gasteiger partial charge in [0, 0.05) is 0 Å². The first-order valence-corrected chi connectivity index (χ1v) is 7.17. The van der Waals surface area contributed by atoms with Crippen molar-refractivity contribution >= 4 is 17.4 Å². The Bertz CT molecular complexity index is 753. The standard InChI is InChI=1S/C17H17N3O2/c21-13-18-12-17-19-15-8-4-5-9-16(15)20(17)10-11-22-14-6-2-1-3-7-14/h1-9,13H,10-12H2,(H,18,21). The van der Waals surface area contributed by atoms with Crippen molar-refractivity contribution in [3.8, 4) is 5.75 Å². The van der Waals surface area contributed by atoms with Gasteiger partial charge in [-0.15, -0.1) is 0 Å². The molecule has 0 radical (unpaired) electrons. The third kappa shape index (κ3) is 3.09. The number of imidazole rings is 1. The fraction of sp³-hybridized carbons (Fsp3) is 0.176. The van der Waals surface area contributed by atoms with Crippen LogP contribution in [0.5, 0.6) is 5.75 Å². The Morgan fingerprint density at radius 1 is 1.09 bits per heavy atom. The second-order valence-electron chi connectivity index (χ2n) is 4.83. The zero-order valence-electron chi connectivity index (χ0n) is 12.1. The summed E-state index contributed by atoms with van der Waals surface area (Å²) < 4.78 is 7.83. The van der Waals surface area contributed by atoms with Gasteiger partial charge in [-0.05, 0) is 24.3 Å². The molecule has 1 amide bonds. The molecule has 1 heterocycles. The number of fused-ring (bicyclic) bond motifs is 1. The van der Waals surface area contributed by atoms with Crippen LogP contribution in [-0.2, 0) is 17.9 Å². The third-order valence-electron chi connectivity index (χ3n) is 3.40. The van der Waals surface area contributed by atoms with Gasteiger partial charge in [-0.3, -0.25) is 4.79 Å². The molecular formula is C17H17N3O2. The summed E-state index contributed by atoms with van der Waals surface area (Å²) in [4.78, 5) is 15.1. The van der Waals surface area contributed by atoms with Gasteiger partial charge >= 0.3 is 0 Å². The first-order chi connectivity index (χ1) is 10.9. The minimum absolute atomic E-state index is 0.406. The van der Waals surface area contributed by atoms with Crippen molar-refractivity contribution in [2.24, 2.45) is 0 Å². The van der Waals surface area contributed by atoms with Gasteiger partial charge in [-0.25, -0.2) is 4.98 Å². The summed E-state index contributed by atoms with van der Waals surface area (Å²) >= 11 is 0. The lowest BCUT2D eigenvalue weighted by molar-refractivity contribution is -0.109. The van der Waals surface area contributed by atoms with Crippen LogP contribution in [-0.4, -0.2) is 22.6 Å². The molecule has 22 heavy (non-hydrogen) atoms. The van der Waals surface area contributed by atoms with Crippen LogP contribution < -0.4 is 10.1 Å². The normalized spacial score (nSPS) is 10.5. The van der Waals surface area contributed by atoms with Gasteiger partial charge < -0.3 is 14.6 Å². The summed E-state index contributed by atoms with van der Waals surface area (Å²) in [6.07, 6.45) is 0.685. The lowest BCUT2D eigenvalue weighted by Gasteiger charge is -2.10. The first-order valence-electron chi connectivity index (χ1n) is 7.17. The maximum atomic E-state index is 10.5. The highest BCUT2D eigenvalue weighted by atomic mass is 16.5. The van der Waals surface area contributed by atoms with Crippen LogP contribution in [0.2, 0.25) is 0 Å². The molecule has 0 fully saturated rings. The Kier molecular flexibility index (Phi) is 4.34. The van der Waals surface area contributed by atoms with Crippen molar-refractivity contribution in [1.29, 1.82) is 0 Å². The molecule has 0 spiro atoms. The number of para-hydroxylation sites is 3. The number of nitrogens with zero attached hydrogens (tertiary/aromatic N) is 2. The largest absolute Gasteiger partial charge is 0.492 e. The molecule has 1 aromatic heterocycles. The minimum Gasteiger partial charge on any atom is -0.492 e. The lowest BCUT2D eigenvalue weighted by atomic mass is 10.3. The summed E-state index contributed by atoms with van der Waals surface area (Å²) in [7, 11) is 0. The minimum atomic E-state index is 0.406. The Morgan fingerprint density at radius 3 is 2.68 bits per heavy atom. The highest BCUT2D eigenvalue weighted by molar-refractivity contribution is 5.75. The van der Waals surface area contributed by atoms with E-state index in [2.05, 4.69) is 14.9 Å². The molecule has 5 nitrogen and oxygen atoms in total. The zero-order chi connectivity index (χ0) is 15.2. The van der Waals surface area contributed by atoms with Crippen LogP contribution >= 0.6 is 0 Å². The van der Waals surface area contributed by atoms with Gasteiger partial charge in [-0.2, -0.15) is 0 Å². The molecule has 0 aliphatic heterocycles. The Hall–Kier alpha value is -2.82. The highest BCUT2D eigenvalue weighted by Crippen LogP contribution is 2.16. The predicted octanol–water partition coefficient (Wildman–Crippen LogP) is 2.36. The Balaban J connectivity index is 1.77. The average Bonchev–Trinajstić information content (AvgIpc) is 2.92. The fourth-order valence-electron chi connectivity index (χ4n) is 2.41. The number of hydrogen-bond acceptors (Lipinski definition) is 3. The number of carbonyl (C=O) groups is 1. The number of benzene rings is 2. The second kappa shape index (κ2) is 6.76. The van der Waals surface area contributed by atoms with Crippen molar-refractivity contribution in [3.63, 3.8) is 0 Å². The van der Waals surface area contributed by atoms with Crippen molar-refractivity contribution in [2.45, 2.75) is 13.1 Å². The molecule has 2 aromatic carbocycles. The molecule has 0 unspecified atom stereocenters. The molecule has 5 heteroatoms. The smallest absolute Gasteiger partial charge is 0.207 e. The molecular weight excluding hydrogens is 278 g/mol. The van der Waals surface area contributed by atoms with Gasteiger partial charge in [-0.1, -0.05) is 30.3 Å². The van der Waals surface area contributed by atoms with Crippen LogP contribution in [0, 0.1) is 0 Å². The monoisotopic (exact) mass is 295 g/mol. The SMILES string of the molecule is O=CNCc1nc2ccccc2n1CCOc1ccccc1. The fourth-order valence-corrected chi connectivity index (χ4v) is 2.41. The Morgan fingerprint density at radius 2 is 1.86 bits per heavy atom. The van der Waals surface area contributed by atoms with Crippen LogP contribution in [0.4, 0.5) is 0 Å². The molecule has 3 aromatic rings. The molecule has 1 N–H and O–H groups in total. The van der Waals surface area contributed by atoms with Crippen molar-refractivity contribution in [2.75, 3.05) is 6.61 Å². The second-order valence-corrected chi connectivity index (χ2v) is 4.83. The van der Waals surface area contributed by atoms with E-state index in [0.29, 0.717) is 26.1 Å². The number of nitrogens with one attached hydrogen (secondary N) is 1. The van der Waals surface area contributed by atoms with Crippen LogP contribution in [0.25, 0.3) is 11.0 Å². The van der Waals surface area contributed by atoms with E-state index in [9.17, 15) is 4.79 Å². The number of ether oxygens (including phenoxy) is 1. The third-order valence-corrected chi connectivity index (χ3v) is 3.40. The maximum Gasteiger partial charge on any atom is 0.207 e. The van der Waals surface area contributed by atoms with Gasteiger partial charge in [0.05, 0.1) is 24.1 Å². The van der Waals surface area contributed by atoms with Gasteiger partial charge in [0.25, 0.3) is 0 Å². The van der Waals surface area contributed by atoms with Crippen LogP contribution in [0.1, 0.15) is 5.82 Å². The van der Waals surface area contributed by atoms with Crippen molar-refractivity contribution in [3.05, 3.63) is 60.4 Å². The van der Waals surface area contributed by atoms with Gasteiger partial charge in [0.15, 0.2) is 0 Å². The molecule has 0 aliphatic carbocycles. The summed E-state index contributed by atoms with van der Waals surface area (Å²) in [6.45, 7) is 1.62. The van der Waals surface area contributed by atoms with E-state index in [0.717, 1.165) is 22.6 Å². The van der Waals surface area contributed by atoms with Crippen molar-refractivity contribution in [1.82, 2.24) is 14.9 Å². The number of aromatic nitrogens is 2. The van der Waals surface area contributed by atoms with Crippen LogP contribution in [0.15, 0.2) is 54.6 Å². The van der Waals surface area contributed by atoms with E-state index in [-0.39, 0.29) is 0 Å². The highest BCUT2D eigenvalue weighted by Gasteiger charge is 2.09. The van der Waals surface area contributed by atoms with E-state index in [1.807, 2.05) is 54.6 Å². The van der Waals surface area contributed by atoms with E-state index < -0.39 is 0 Å². The van der Waals surface area contributed by atoms with E-state index >= 15 is 0 Å². The van der Waals surface area contributed by atoms with Gasteiger partial charge in [0.1, 0.15) is 18.2 Å². The molecule has 0 saturated heterocycles. The van der Waals surface area contributed by atoms with Crippen LogP contribution in [0.3, 0.4) is 0 Å². The lowest BCUT2D eigenvalue weighted by Crippen LogP contribution is -2.17. The maximum absolute atomic E-state index is 10.5. The number of rotatable bonds is 7. The molecule has 112 valence electrons. The number of carbonyl (C=O) groups excluding carboxylic acids is 1. The predicted molar refractivity (Wildman–Crippen MR) is 84.6 cm³/mol. The quantitative estimate of drug-likeness (QED) is 0.681. The molecule has 3 rings (SSSR count). The Labute approximate surface area is 128 Å². The molecule has 0 bridgehead atoms. The summed E-state index contributed by atoms with van der Waals surface area (Å²) in [5.41, 5.74) is 1.96. The van der Waals surface area contributed by atoms with E-state index in [1.165, 1.54) is 0 Å². The average molecular weight is 295 g/mol. The van der Waals surface area contributed by atoms with E-state index in [4.69, 9.17) is 4.74 Å². The van der Waals surface area contributed by atoms with Crippen molar-refractivity contribution < 1.29 is 9.53 Å². The topological polar surface area (TPSA) is 56.2 Å². The first kappa shape index (κ1) is 14.1.